The molecule has 1 unspecified atom stereocenters. The molecule has 0 aliphatic carbocycles. The molecule has 104 valence electrons. The van der Waals surface area contributed by atoms with E-state index in [1.807, 2.05) is 24.3 Å². The van der Waals surface area contributed by atoms with Crippen LogP contribution in [-0.2, 0) is 13.6 Å². The number of hydrogen-bond donors (Lipinski definition) is 1. The third-order valence-electron chi connectivity index (χ3n) is 3.47. The molecule has 0 saturated heterocycles. The molecule has 0 bridgehead atoms. The van der Waals surface area contributed by atoms with Crippen LogP contribution in [0, 0.1) is 0 Å². The number of aryl methyl sites for hydroxylation is 1. The van der Waals surface area contributed by atoms with Gasteiger partial charge in [0.25, 0.3) is 0 Å². The Morgan fingerprint density at radius 1 is 1.30 bits per heavy atom. The SMILES string of the molecule is CC(NCc1nc2ccccc2n1C)c1ccc(Cl)s1. The summed E-state index contributed by atoms with van der Waals surface area (Å²) >= 11 is 7.59. The molecule has 2 heterocycles. The number of nitrogens with one attached hydrogen (secondary N) is 1. The van der Waals surface area contributed by atoms with Gasteiger partial charge in [0, 0.05) is 18.0 Å². The van der Waals surface area contributed by atoms with E-state index in [-0.39, 0.29) is 6.04 Å². The number of aromatic nitrogens is 2. The van der Waals surface area contributed by atoms with Crippen molar-refractivity contribution in [2.75, 3.05) is 0 Å². The molecule has 1 atom stereocenters. The van der Waals surface area contributed by atoms with Gasteiger partial charge in [0.05, 0.1) is 21.9 Å². The highest BCUT2D eigenvalue weighted by Crippen LogP contribution is 2.26. The largest absolute Gasteiger partial charge is 0.330 e. The number of imidazole rings is 1. The first-order valence-corrected chi connectivity index (χ1v) is 7.73. The lowest BCUT2D eigenvalue weighted by molar-refractivity contribution is 0.558. The second kappa shape index (κ2) is 5.56. The zero-order valence-electron chi connectivity index (χ0n) is 11.4. The van der Waals surface area contributed by atoms with E-state index >= 15 is 0 Å². The number of thiophene rings is 1. The molecular weight excluding hydrogens is 290 g/mol. The van der Waals surface area contributed by atoms with Crippen LogP contribution in [0.4, 0.5) is 0 Å². The Kier molecular flexibility index (Phi) is 3.78. The fourth-order valence-electron chi connectivity index (χ4n) is 2.26. The minimum Gasteiger partial charge on any atom is -0.330 e. The van der Waals surface area contributed by atoms with Crippen LogP contribution in [0.1, 0.15) is 23.7 Å². The van der Waals surface area contributed by atoms with Gasteiger partial charge in [-0.25, -0.2) is 4.98 Å². The van der Waals surface area contributed by atoms with Crippen LogP contribution in [-0.4, -0.2) is 9.55 Å². The second-order valence-corrected chi connectivity index (χ2v) is 6.57. The van der Waals surface area contributed by atoms with Gasteiger partial charge >= 0.3 is 0 Å². The fourth-order valence-corrected chi connectivity index (χ4v) is 3.35. The second-order valence-electron chi connectivity index (χ2n) is 4.82. The predicted octanol–water partition coefficient (Wildman–Crippen LogP) is 4.14. The van der Waals surface area contributed by atoms with Crippen molar-refractivity contribution < 1.29 is 0 Å². The Labute approximate surface area is 127 Å². The van der Waals surface area contributed by atoms with Crippen molar-refractivity contribution in [3.63, 3.8) is 0 Å². The summed E-state index contributed by atoms with van der Waals surface area (Å²) in [7, 11) is 2.05. The van der Waals surface area contributed by atoms with Crippen molar-refractivity contribution in [1.29, 1.82) is 0 Å². The summed E-state index contributed by atoms with van der Waals surface area (Å²) in [5.74, 6) is 1.04. The first-order valence-electron chi connectivity index (χ1n) is 6.54. The molecule has 0 aliphatic heterocycles. The normalized spacial score (nSPS) is 12.9. The standard InChI is InChI=1S/C15H16ClN3S/c1-10(13-7-8-14(16)20-13)17-9-15-18-11-5-3-4-6-12(11)19(15)2/h3-8,10,17H,9H2,1-2H3. The van der Waals surface area contributed by atoms with E-state index < -0.39 is 0 Å². The van der Waals surface area contributed by atoms with E-state index in [1.165, 1.54) is 4.88 Å². The highest BCUT2D eigenvalue weighted by molar-refractivity contribution is 7.16. The highest BCUT2D eigenvalue weighted by Gasteiger charge is 2.11. The van der Waals surface area contributed by atoms with Crippen LogP contribution >= 0.6 is 22.9 Å². The lowest BCUT2D eigenvalue weighted by Crippen LogP contribution is -2.19. The van der Waals surface area contributed by atoms with Gasteiger partial charge in [-0.1, -0.05) is 23.7 Å². The van der Waals surface area contributed by atoms with E-state index in [0.29, 0.717) is 0 Å². The van der Waals surface area contributed by atoms with E-state index in [4.69, 9.17) is 11.6 Å². The van der Waals surface area contributed by atoms with Gasteiger partial charge in [0.2, 0.25) is 0 Å². The van der Waals surface area contributed by atoms with Crippen molar-refractivity contribution in [2.45, 2.75) is 19.5 Å². The summed E-state index contributed by atoms with van der Waals surface area (Å²) in [6.45, 7) is 2.88. The lowest BCUT2D eigenvalue weighted by Gasteiger charge is -2.11. The quantitative estimate of drug-likeness (QED) is 0.785. The highest BCUT2D eigenvalue weighted by atomic mass is 35.5. The van der Waals surface area contributed by atoms with Crippen LogP contribution < -0.4 is 5.32 Å². The van der Waals surface area contributed by atoms with Crippen LogP contribution in [0.5, 0.6) is 0 Å². The third-order valence-corrected chi connectivity index (χ3v) is 4.88. The van der Waals surface area contributed by atoms with Gasteiger partial charge in [0.15, 0.2) is 0 Å². The zero-order chi connectivity index (χ0) is 14.1. The van der Waals surface area contributed by atoms with E-state index in [9.17, 15) is 0 Å². The number of benzene rings is 1. The summed E-state index contributed by atoms with van der Waals surface area (Å²) in [6.07, 6.45) is 0. The average Bonchev–Trinajstić information content (AvgIpc) is 3.01. The summed E-state index contributed by atoms with van der Waals surface area (Å²) in [5.41, 5.74) is 2.20. The molecule has 3 nitrogen and oxygen atoms in total. The molecule has 0 radical (unpaired) electrons. The van der Waals surface area contributed by atoms with Crippen LogP contribution in [0.3, 0.4) is 0 Å². The molecule has 1 aromatic carbocycles. The Morgan fingerprint density at radius 2 is 2.10 bits per heavy atom. The molecule has 3 aromatic rings. The smallest absolute Gasteiger partial charge is 0.123 e. The molecular formula is C15H16ClN3S. The number of nitrogens with zero attached hydrogens (tertiary/aromatic N) is 2. The van der Waals surface area contributed by atoms with Crippen molar-refractivity contribution in [3.8, 4) is 0 Å². The summed E-state index contributed by atoms with van der Waals surface area (Å²) in [4.78, 5) is 5.91. The van der Waals surface area contributed by atoms with Crippen LogP contribution in [0.25, 0.3) is 11.0 Å². The molecule has 0 amide bonds. The molecule has 2 aromatic heterocycles. The first kappa shape index (κ1) is 13.6. The van der Waals surface area contributed by atoms with Crippen molar-refractivity contribution in [1.82, 2.24) is 14.9 Å². The third kappa shape index (κ3) is 2.59. The van der Waals surface area contributed by atoms with E-state index in [2.05, 4.69) is 41.0 Å². The Hall–Kier alpha value is -1.36. The van der Waals surface area contributed by atoms with Crippen molar-refractivity contribution in [2.24, 2.45) is 7.05 Å². The van der Waals surface area contributed by atoms with Crippen LogP contribution in [0.2, 0.25) is 4.34 Å². The molecule has 0 aliphatic rings. The molecule has 3 rings (SSSR count). The number of halogens is 1. The first-order chi connectivity index (χ1) is 9.65. The lowest BCUT2D eigenvalue weighted by atomic mass is 10.3. The summed E-state index contributed by atoms with van der Waals surface area (Å²) in [6, 6.07) is 12.5. The van der Waals surface area contributed by atoms with Gasteiger partial charge in [-0.3, -0.25) is 0 Å². The maximum atomic E-state index is 5.97. The molecule has 0 fully saturated rings. The maximum absolute atomic E-state index is 5.97. The van der Waals surface area contributed by atoms with Gasteiger partial charge < -0.3 is 9.88 Å². The van der Waals surface area contributed by atoms with Gasteiger partial charge in [-0.05, 0) is 31.2 Å². The minimum absolute atomic E-state index is 0.271. The maximum Gasteiger partial charge on any atom is 0.123 e. The Bertz CT molecular complexity index is 732. The topological polar surface area (TPSA) is 29.9 Å². The average molecular weight is 306 g/mol. The molecule has 0 spiro atoms. The molecule has 20 heavy (non-hydrogen) atoms. The van der Waals surface area contributed by atoms with E-state index in [0.717, 1.165) is 27.7 Å². The van der Waals surface area contributed by atoms with E-state index in [1.54, 1.807) is 11.3 Å². The Balaban J connectivity index is 1.75. The molecule has 0 saturated carbocycles. The number of rotatable bonds is 4. The fraction of sp³-hybridized carbons (Fsp3) is 0.267. The van der Waals surface area contributed by atoms with Crippen LogP contribution in [0.15, 0.2) is 36.4 Å². The number of para-hydroxylation sites is 2. The van der Waals surface area contributed by atoms with Gasteiger partial charge in [0.1, 0.15) is 5.82 Å². The number of hydrogen-bond acceptors (Lipinski definition) is 3. The number of fused-ring (bicyclic) bond motifs is 1. The minimum atomic E-state index is 0.271. The monoisotopic (exact) mass is 305 g/mol. The Morgan fingerprint density at radius 3 is 2.80 bits per heavy atom. The zero-order valence-corrected chi connectivity index (χ0v) is 13.0. The molecule has 1 N–H and O–H groups in total. The summed E-state index contributed by atoms with van der Waals surface area (Å²) in [5, 5.41) is 3.50. The molecule has 5 heteroatoms. The van der Waals surface area contributed by atoms with Gasteiger partial charge in [-0.2, -0.15) is 0 Å². The summed E-state index contributed by atoms with van der Waals surface area (Å²) < 4.78 is 2.97. The predicted molar refractivity (Wildman–Crippen MR) is 85.3 cm³/mol. The van der Waals surface area contributed by atoms with Crippen molar-refractivity contribution in [3.05, 3.63) is 51.4 Å². The van der Waals surface area contributed by atoms with Gasteiger partial charge in [-0.15, -0.1) is 11.3 Å². The van der Waals surface area contributed by atoms with Crippen molar-refractivity contribution >= 4 is 34.0 Å².